The van der Waals surface area contributed by atoms with E-state index in [1.165, 1.54) is 0 Å². The zero-order valence-electron chi connectivity index (χ0n) is 21.4. The molecule has 7 nitrogen and oxygen atoms in total. The average molecular weight is 476 g/mol. The number of benzene rings is 1. The lowest BCUT2D eigenvalue weighted by atomic mass is 9.84. The molecule has 0 saturated carbocycles. The van der Waals surface area contributed by atoms with E-state index in [1.807, 2.05) is 60.0 Å². The number of rotatable bonds is 4. The number of aromatic nitrogens is 2. The van der Waals surface area contributed by atoms with Crippen molar-refractivity contribution < 1.29 is 14.6 Å². The van der Waals surface area contributed by atoms with Gasteiger partial charge in [-0.25, -0.2) is 4.98 Å². The van der Waals surface area contributed by atoms with Crippen molar-refractivity contribution in [2.75, 3.05) is 14.1 Å². The summed E-state index contributed by atoms with van der Waals surface area (Å²) in [6.07, 6.45) is 0.365. The molecular weight excluding hydrogens is 442 g/mol. The molecule has 0 fully saturated rings. The number of hydrogen-bond donors (Lipinski definition) is 1. The molecule has 3 aromatic rings. The fourth-order valence-electron chi connectivity index (χ4n) is 5.11. The summed E-state index contributed by atoms with van der Waals surface area (Å²) in [7, 11) is 4.07. The van der Waals surface area contributed by atoms with Gasteiger partial charge in [-0.2, -0.15) is 0 Å². The van der Waals surface area contributed by atoms with E-state index in [9.17, 15) is 9.90 Å². The molecule has 184 valence electrons. The molecule has 4 heterocycles. The van der Waals surface area contributed by atoms with E-state index in [1.54, 1.807) is 4.57 Å². The van der Waals surface area contributed by atoms with Gasteiger partial charge in [0, 0.05) is 28.6 Å². The molecule has 0 aliphatic carbocycles. The number of hydrogen-bond acceptors (Lipinski definition) is 6. The molecule has 0 saturated heterocycles. The maximum Gasteiger partial charge on any atom is 0.258 e. The van der Waals surface area contributed by atoms with Gasteiger partial charge in [-0.15, -0.1) is 0 Å². The zero-order chi connectivity index (χ0) is 25.3. The molecule has 35 heavy (non-hydrogen) atoms. The fourth-order valence-corrected chi connectivity index (χ4v) is 5.11. The van der Waals surface area contributed by atoms with Gasteiger partial charge < -0.3 is 24.0 Å². The van der Waals surface area contributed by atoms with Crippen molar-refractivity contribution in [1.29, 1.82) is 0 Å². The van der Waals surface area contributed by atoms with E-state index in [2.05, 4.69) is 17.5 Å². The second-order valence-electron chi connectivity index (χ2n) is 10.8. The van der Waals surface area contributed by atoms with Crippen LogP contribution in [0.4, 0.5) is 0 Å². The summed E-state index contributed by atoms with van der Waals surface area (Å²) in [4.78, 5) is 20.6. The van der Waals surface area contributed by atoms with Gasteiger partial charge in [0.1, 0.15) is 29.3 Å². The zero-order valence-corrected chi connectivity index (χ0v) is 21.4. The number of ether oxygens (including phenoxy) is 2. The Hall–Kier alpha value is -3.16. The summed E-state index contributed by atoms with van der Waals surface area (Å²) < 4.78 is 13.6. The Morgan fingerprint density at radius 1 is 1.29 bits per heavy atom. The van der Waals surface area contributed by atoms with E-state index in [0.29, 0.717) is 30.6 Å². The van der Waals surface area contributed by atoms with E-state index >= 15 is 0 Å². The van der Waals surface area contributed by atoms with Crippen molar-refractivity contribution >= 4 is 10.9 Å². The van der Waals surface area contributed by atoms with Gasteiger partial charge in [0.25, 0.3) is 5.56 Å². The van der Waals surface area contributed by atoms with Crippen molar-refractivity contribution in [2.45, 2.75) is 65.0 Å². The van der Waals surface area contributed by atoms with Gasteiger partial charge in [-0.05, 0) is 65.6 Å². The monoisotopic (exact) mass is 475 g/mol. The predicted molar refractivity (Wildman–Crippen MR) is 136 cm³/mol. The second kappa shape index (κ2) is 7.93. The van der Waals surface area contributed by atoms with E-state index in [4.69, 9.17) is 14.5 Å². The number of fused-ring (bicyclic) bond motifs is 5. The maximum atomic E-state index is 13.5. The van der Waals surface area contributed by atoms with Crippen LogP contribution < -0.4 is 10.3 Å². The Morgan fingerprint density at radius 3 is 2.69 bits per heavy atom. The highest BCUT2D eigenvalue weighted by atomic mass is 16.5. The molecule has 0 radical (unpaired) electrons. The van der Waals surface area contributed by atoms with Crippen LogP contribution in [0, 0.1) is 0 Å². The first-order valence-electron chi connectivity index (χ1n) is 12.0. The standard InChI is InChI=1S/C28H33N3O4/c1-8-28(33)16(2)34-15-20-21(28)12-23-25-17(13-31(23)26(20)32)11-18-19(14-30(6)7)24(35-27(3,4)5)10-9-22(18)29-25/h9-12,33H,2,8,13-15H2,1,3-7H3/t28-/m1/s1. The second-order valence-corrected chi connectivity index (χ2v) is 10.8. The van der Waals surface area contributed by atoms with Crippen LogP contribution in [0.1, 0.15) is 56.4 Å². The van der Waals surface area contributed by atoms with Gasteiger partial charge >= 0.3 is 0 Å². The third-order valence-electron chi connectivity index (χ3n) is 6.82. The summed E-state index contributed by atoms with van der Waals surface area (Å²) in [6, 6.07) is 8.00. The predicted octanol–water partition coefficient (Wildman–Crippen LogP) is 4.31. The van der Waals surface area contributed by atoms with Gasteiger partial charge in [-0.1, -0.05) is 13.5 Å². The Morgan fingerprint density at radius 2 is 2.03 bits per heavy atom. The third kappa shape index (κ3) is 3.74. The van der Waals surface area contributed by atoms with Crippen LogP contribution >= 0.6 is 0 Å². The van der Waals surface area contributed by atoms with Crippen molar-refractivity contribution in [3.05, 3.63) is 69.2 Å². The molecule has 7 heteroatoms. The quantitative estimate of drug-likeness (QED) is 0.474. The van der Waals surface area contributed by atoms with Gasteiger partial charge in [0.15, 0.2) is 0 Å². The van der Waals surface area contributed by atoms with Crippen molar-refractivity contribution in [1.82, 2.24) is 14.5 Å². The Balaban J connectivity index is 1.72. The number of nitrogens with zero attached hydrogens (tertiary/aromatic N) is 3. The minimum absolute atomic E-state index is 0.113. The summed E-state index contributed by atoms with van der Waals surface area (Å²) in [5, 5.41) is 12.3. The highest BCUT2D eigenvalue weighted by Crippen LogP contribution is 2.42. The number of pyridine rings is 2. The molecular formula is C28H33N3O4. The van der Waals surface area contributed by atoms with E-state index in [0.717, 1.165) is 39.2 Å². The average Bonchev–Trinajstić information content (AvgIpc) is 3.14. The molecule has 1 atom stereocenters. The molecule has 0 spiro atoms. The van der Waals surface area contributed by atoms with Crippen LogP contribution in [0.5, 0.6) is 5.75 Å². The Bertz CT molecular complexity index is 1430. The highest BCUT2D eigenvalue weighted by Gasteiger charge is 2.41. The van der Waals surface area contributed by atoms with E-state index < -0.39 is 5.60 Å². The van der Waals surface area contributed by atoms with Crippen molar-refractivity contribution in [3.63, 3.8) is 0 Å². The van der Waals surface area contributed by atoms with Crippen molar-refractivity contribution in [3.8, 4) is 17.1 Å². The normalized spacial score (nSPS) is 18.9. The summed E-state index contributed by atoms with van der Waals surface area (Å²) in [5.74, 6) is 1.12. The van der Waals surface area contributed by atoms with Gasteiger partial charge in [0.2, 0.25) is 0 Å². The first-order valence-corrected chi connectivity index (χ1v) is 12.0. The van der Waals surface area contributed by atoms with Crippen LogP contribution in [-0.4, -0.2) is 39.3 Å². The highest BCUT2D eigenvalue weighted by molar-refractivity contribution is 5.88. The molecule has 2 aliphatic rings. The largest absolute Gasteiger partial charge is 0.490 e. The lowest BCUT2D eigenvalue weighted by molar-refractivity contribution is -0.0172. The minimum atomic E-state index is -1.39. The summed E-state index contributed by atoms with van der Waals surface area (Å²) in [5.41, 5.74) is 3.58. The first-order chi connectivity index (χ1) is 16.4. The van der Waals surface area contributed by atoms with Gasteiger partial charge in [0.05, 0.1) is 29.0 Å². The topological polar surface area (TPSA) is 76.8 Å². The lowest BCUT2D eigenvalue weighted by Crippen LogP contribution is -2.38. The summed E-state index contributed by atoms with van der Waals surface area (Å²) in [6.45, 7) is 13.1. The van der Waals surface area contributed by atoms with Crippen LogP contribution in [0.2, 0.25) is 0 Å². The molecule has 1 aromatic carbocycles. The molecule has 2 aromatic heterocycles. The molecule has 0 amide bonds. The molecule has 0 unspecified atom stereocenters. The SMILES string of the molecule is C=C1OCc2c(cc3n(c2=O)Cc2cc4c(CN(C)C)c(OC(C)(C)C)ccc4nc2-3)[C@@]1(O)CC. The Kier molecular flexibility index (Phi) is 5.34. The smallest absolute Gasteiger partial charge is 0.258 e. The fraction of sp³-hybridized carbons (Fsp3) is 0.429. The van der Waals surface area contributed by atoms with Crippen LogP contribution in [0.3, 0.4) is 0 Å². The molecule has 0 bridgehead atoms. The molecule has 5 rings (SSSR count). The van der Waals surface area contributed by atoms with Crippen molar-refractivity contribution in [2.24, 2.45) is 0 Å². The van der Waals surface area contributed by atoms with Gasteiger partial charge in [-0.3, -0.25) is 4.79 Å². The molecule has 1 N–H and O–H groups in total. The first kappa shape index (κ1) is 23.6. The third-order valence-corrected chi connectivity index (χ3v) is 6.82. The summed E-state index contributed by atoms with van der Waals surface area (Å²) >= 11 is 0. The lowest BCUT2D eigenvalue weighted by Gasteiger charge is -2.35. The van der Waals surface area contributed by atoms with Crippen LogP contribution in [-0.2, 0) is 30.0 Å². The minimum Gasteiger partial charge on any atom is -0.490 e. The van der Waals surface area contributed by atoms with E-state index in [-0.39, 0.29) is 23.5 Å². The maximum absolute atomic E-state index is 13.5. The Labute approximate surface area is 205 Å². The van der Waals surface area contributed by atoms with Crippen LogP contribution in [0.15, 0.2) is 41.4 Å². The number of aliphatic hydroxyl groups is 1. The van der Waals surface area contributed by atoms with Crippen LogP contribution in [0.25, 0.3) is 22.3 Å². The molecule has 2 aliphatic heterocycles.